The van der Waals surface area contributed by atoms with Crippen molar-refractivity contribution >= 4 is 96.7 Å². The van der Waals surface area contributed by atoms with Gasteiger partial charge in [0.05, 0.1) is 56.3 Å². The molecule has 0 heterocycles. The summed E-state index contributed by atoms with van der Waals surface area (Å²) in [5.41, 5.74) is 12.5. The number of hydrogen-bond acceptors (Lipinski definition) is 17. The third-order valence-corrected chi connectivity index (χ3v) is 11.4. The van der Waals surface area contributed by atoms with Gasteiger partial charge in [-0.1, -0.05) is 23.8 Å². The molecule has 5 aromatic rings. The second kappa shape index (κ2) is 15.6. The molecule has 0 aliphatic carbocycles. The molecule has 0 aliphatic heterocycles. The van der Waals surface area contributed by atoms with Crippen molar-refractivity contribution in [3.8, 4) is 0 Å². The van der Waals surface area contributed by atoms with Crippen molar-refractivity contribution in [1.82, 2.24) is 0 Å². The molecule has 55 heavy (non-hydrogen) atoms. The number of rotatable bonds is 13. The van der Waals surface area contributed by atoms with E-state index in [9.17, 15) is 42.8 Å². The Morgan fingerprint density at radius 1 is 0.564 bits per heavy atom. The zero-order valence-electron chi connectivity index (χ0n) is 28.0. The van der Waals surface area contributed by atoms with Crippen LogP contribution in [0.3, 0.4) is 0 Å². The molecule has 0 saturated carbocycles. The van der Waals surface area contributed by atoms with Gasteiger partial charge in [-0.05, 0) is 73.7 Å². The van der Waals surface area contributed by atoms with E-state index in [0.29, 0.717) is 5.69 Å². The van der Waals surface area contributed by atoms with E-state index in [1.807, 2.05) is 6.92 Å². The third-order valence-electron chi connectivity index (χ3n) is 7.46. The van der Waals surface area contributed by atoms with E-state index in [2.05, 4.69) is 34.9 Å². The highest BCUT2D eigenvalue weighted by molar-refractivity contribution is 7.91. The fourth-order valence-corrected chi connectivity index (χ4v) is 7.35. The lowest BCUT2D eigenvalue weighted by Crippen LogP contribution is -2.15. The van der Waals surface area contributed by atoms with Crippen molar-refractivity contribution < 1.29 is 51.5 Å². The Hall–Kier alpha value is -5.60. The quantitative estimate of drug-likeness (QED) is 0.0471. The first-order valence-corrected chi connectivity index (χ1v) is 21.0. The van der Waals surface area contributed by atoms with Crippen LogP contribution in [0.1, 0.15) is 5.56 Å². The highest BCUT2D eigenvalue weighted by Crippen LogP contribution is 2.44. The second-order valence-corrected chi connectivity index (χ2v) is 17.3. The van der Waals surface area contributed by atoms with Crippen molar-refractivity contribution in [2.24, 2.45) is 30.7 Å². The summed E-state index contributed by atoms with van der Waals surface area (Å²) in [6, 6.07) is 18.8. The Balaban J connectivity index is 1.53. The smallest absolute Gasteiger partial charge is 0.396 e. The summed E-state index contributed by atoms with van der Waals surface area (Å²) < 4.78 is 127. The molecule has 24 heteroatoms. The first-order chi connectivity index (χ1) is 25.6. The lowest BCUT2D eigenvalue weighted by atomic mass is 10.1. The minimum atomic E-state index is -4.92. The van der Waals surface area contributed by atoms with Gasteiger partial charge in [0.15, 0.2) is 9.84 Å². The van der Waals surface area contributed by atoms with Crippen LogP contribution >= 0.6 is 0 Å². The van der Waals surface area contributed by atoms with E-state index in [1.54, 1.807) is 24.3 Å². The standard InChI is InChI=1S/C31H28N8O12S4/c1-18-2-4-19(5-3-18)35-38-27-17-28(54(45,46)47)30(33)31(29(27)32)39-37-25-12-13-26(24-16-22(53(42,43)44)10-11-23(24)25)36-34-20-6-8-21(9-7-20)52(40,41)15-14-51-55(48,49)50/h2-13,16-17H,14-15,32-33H2,1H3,(H,42,43,44)(H,45,46,47)(H,48,49,50). The summed E-state index contributed by atoms with van der Waals surface area (Å²) in [5, 5.41) is 24.8. The van der Waals surface area contributed by atoms with Gasteiger partial charge in [-0.2, -0.15) is 35.5 Å². The van der Waals surface area contributed by atoms with Gasteiger partial charge < -0.3 is 11.5 Å². The Labute approximate surface area is 313 Å². The molecule has 7 N–H and O–H groups in total. The van der Waals surface area contributed by atoms with Gasteiger partial charge in [0.2, 0.25) is 0 Å². The SMILES string of the molecule is Cc1ccc(N=Nc2cc(S(=O)(=O)O)c(N)c(N=Nc3ccc(N=Nc4ccc(S(=O)(=O)CCOS(=O)(=O)O)cc4)c4cc(S(=O)(=O)O)ccc34)c2N)cc1. The molecule has 0 aliphatic rings. The van der Waals surface area contributed by atoms with Crippen LogP contribution in [0.15, 0.2) is 130 Å². The second-order valence-electron chi connectivity index (χ2n) is 11.3. The highest BCUT2D eigenvalue weighted by atomic mass is 32.3. The normalized spacial score (nSPS) is 13.1. The summed E-state index contributed by atoms with van der Waals surface area (Å²) in [7, 11) is -18.5. The molecular formula is C31H28N8O12S4. The maximum Gasteiger partial charge on any atom is 0.397 e. The molecule has 0 aromatic heterocycles. The topological polar surface area (TPSA) is 333 Å². The number of sulfone groups is 1. The molecular weight excluding hydrogens is 805 g/mol. The van der Waals surface area contributed by atoms with E-state index in [0.717, 1.165) is 23.8 Å². The van der Waals surface area contributed by atoms with Crippen LogP contribution in [0.5, 0.6) is 0 Å². The van der Waals surface area contributed by atoms with E-state index in [1.165, 1.54) is 42.5 Å². The maximum atomic E-state index is 12.5. The van der Waals surface area contributed by atoms with Gasteiger partial charge >= 0.3 is 10.4 Å². The number of anilines is 2. The van der Waals surface area contributed by atoms with Crippen LogP contribution in [-0.2, 0) is 44.7 Å². The summed E-state index contributed by atoms with van der Waals surface area (Å²) >= 11 is 0. The monoisotopic (exact) mass is 832 g/mol. The van der Waals surface area contributed by atoms with Crippen molar-refractivity contribution in [2.75, 3.05) is 23.8 Å². The number of benzene rings is 5. The largest absolute Gasteiger partial charge is 0.397 e. The van der Waals surface area contributed by atoms with E-state index < -0.39 is 74.0 Å². The van der Waals surface area contributed by atoms with Gasteiger partial charge in [0, 0.05) is 10.8 Å². The van der Waals surface area contributed by atoms with Crippen LogP contribution < -0.4 is 11.5 Å². The molecule has 20 nitrogen and oxygen atoms in total. The van der Waals surface area contributed by atoms with Crippen molar-refractivity contribution in [3.63, 3.8) is 0 Å². The fourth-order valence-electron chi connectivity index (χ4n) is 4.72. The van der Waals surface area contributed by atoms with Gasteiger partial charge in [-0.3, -0.25) is 13.7 Å². The van der Waals surface area contributed by atoms with Crippen molar-refractivity contribution in [1.29, 1.82) is 0 Å². The predicted molar refractivity (Wildman–Crippen MR) is 199 cm³/mol. The first-order valence-electron chi connectivity index (χ1n) is 15.1. The Morgan fingerprint density at radius 2 is 1.09 bits per heavy atom. The molecule has 0 spiro atoms. The van der Waals surface area contributed by atoms with E-state index >= 15 is 0 Å². The molecule has 0 radical (unpaired) electrons. The molecule has 0 amide bonds. The lowest BCUT2D eigenvalue weighted by Gasteiger charge is -2.11. The van der Waals surface area contributed by atoms with Crippen LogP contribution in [0.25, 0.3) is 10.8 Å². The molecule has 288 valence electrons. The number of hydrogen-bond donors (Lipinski definition) is 5. The number of nitrogens with zero attached hydrogens (tertiary/aromatic N) is 6. The molecule has 5 aromatic carbocycles. The molecule has 0 fully saturated rings. The Morgan fingerprint density at radius 3 is 1.65 bits per heavy atom. The van der Waals surface area contributed by atoms with Crippen LogP contribution in [0.2, 0.25) is 0 Å². The molecule has 5 rings (SSSR count). The average Bonchev–Trinajstić information content (AvgIpc) is 3.09. The molecule has 0 saturated heterocycles. The van der Waals surface area contributed by atoms with Gasteiger partial charge in [0.25, 0.3) is 20.2 Å². The van der Waals surface area contributed by atoms with Gasteiger partial charge in [0.1, 0.15) is 16.3 Å². The summed E-state index contributed by atoms with van der Waals surface area (Å²) in [6.07, 6.45) is 0. The predicted octanol–water partition coefficient (Wildman–Crippen LogP) is 6.65. The number of azo groups is 3. The maximum absolute atomic E-state index is 12.5. The highest BCUT2D eigenvalue weighted by Gasteiger charge is 2.23. The summed E-state index contributed by atoms with van der Waals surface area (Å²) in [5.74, 6) is -0.759. The van der Waals surface area contributed by atoms with Crippen molar-refractivity contribution in [2.45, 2.75) is 21.6 Å². The molecule has 0 atom stereocenters. The average molecular weight is 833 g/mol. The molecule has 0 bridgehead atoms. The fraction of sp³-hybridized carbons (Fsp3) is 0.0968. The summed E-state index contributed by atoms with van der Waals surface area (Å²) in [6.45, 7) is 1.04. The zero-order valence-corrected chi connectivity index (χ0v) is 31.2. The minimum absolute atomic E-state index is 0.0438. The Bertz CT molecular complexity index is 2850. The number of fused-ring (bicyclic) bond motifs is 1. The van der Waals surface area contributed by atoms with E-state index in [4.69, 9.17) is 16.0 Å². The first kappa shape index (κ1) is 40.6. The lowest BCUT2D eigenvalue weighted by molar-refractivity contribution is 0.284. The summed E-state index contributed by atoms with van der Waals surface area (Å²) in [4.78, 5) is -1.51. The van der Waals surface area contributed by atoms with Crippen LogP contribution in [-0.4, -0.2) is 59.7 Å². The molecule has 0 unspecified atom stereocenters. The third kappa shape index (κ3) is 10.1. The van der Waals surface area contributed by atoms with Gasteiger partial charge in [-0.15, -0.1) is 20.5 Å². The zero-order chi connectivity index (χ0) is 40.3. The van der Waals surface area contributed by atoms with Crippen LogP contribution in [0.4, 0.5) is 45.5 Å². The minimum Gasteiger partial charge on any atom is -0.396 e. The number of nitrogen functional groups attached to an aromatic ring is 2. The van der Waals surface area contributed by atoms with Gasteiger partial charge in [-0.25, -0.2) is 12.6 Å². The van der Waals surface area contributed by atoms with Crippen molar-refractivity contribution in [3.05, 3.63) is 90.5 Å². The van der Waals surface area contributed by atoms with E-state index in [-0.39, 0.29) is 44.1 Å². The number of nitrogens with two attached hydrogens (primary N) is 2. The Kier molecular flexibility index (Phi) is 11.5. The number of aryl methyl sites for hydroxylation is 1. The van der Waals surface area contributed by atoms with Crippen LogP contribution in [0, 0.1) is 6.92 Å².